The third-order valence-corrected chi connectivity index (χ3v) is 3.04. The summed E-state index contributed by atoms with van der Waals surface area (Å²) in [5, 5.41) is 20.5. The quantitative estimate of drug-likeness (QED) is 0.676. The van der Waals surface area contributed by atoms with Crippen molar-refractivity contribution in [2.75, 3.05) is 27.2 Å². The summed E-state index contributed by atoms with van der Waals surface area (Å²) in [6.07, 6.45) is 2.65. The topological polar surface area (TPSA) is 66.2 Å². The average Bonchev–Trinajstić information content (AvgIpc) is 2.79. The number of aromatic nitrogens is 3. The maximum atomic E-state index is 8.78. The molecule has 110 valence electrons. The van der Waals surface area contributed by atoms with Gasteiger partial charge in [0.05, 0.1) is 5.69 Å². The summed E-state index contributed by atoms with van der Waals surface area (Å²) in [6.45, 7) is 7.09. The van der Waals surface area contributed by atoms with Crippen LogP contribution in [0.1, 0.15) is 26.0 Å². The number of aliphatic hydroxyl groups excluding tert-OH is 1. The van der Waals surface area contributed by atoms with E-state index in [1.165, 1.54) is 0 Å². The van der Waals surface area contributed by atoms with Crippen molar-refractivity contribution in [1.82, 2.24) is 25.2 Å². The SMILES string of the molecule is CC(C)C(CN(C)C)NCc1cn(CCCO)nn1. The Morgan fingerprint density at radius 1 is 1.42 bits per heavy atom. The van der Waals surface area contributed by atoms with Crippen LogP contribution in [0.2, 0.25) is 0 Å². The molecule has 2 N–H and O–H groups in total. The van der Waals surface area contributed by atoms with Crippen LogP contribution in [0.5, 0.6) is 0 Å². The van der Waals surface area contributed by atoms with Crippen LogP contribution < -0.4 is 5.32 Å². The van der Waals surface area contributed by atoms with Gasteiger partial charge in [-0.1, -0.05) is 19.1 Å². The van der Waals surface area contributed by atoms with E-state index in [1.54, 1.807) is 4.68 Å². The Labute approximate surface area is 115 Å². The predicted octanol–water partition coefficient (Wildman–Crippen LogP) is 0.336. The lowest BCUT2D eigenvalue weighted by Crippen LogP contribution is -2.41. The van der Waals surface area contributed by atoms with Crippen LogP contribution >= 0.6 is 0 Å². The van der Waals surface area contributed by atoms with Gasteiger partial charge in [0, 0.05) is 38.5 Å². The first-order valence-corrected chi connectivity index (χ1v) is 6.91. The maximum absolute atomic E-state index is 8.78. The molecule has 6 heteroatoms. The molecule has 0 aliphatic heterocycles. The van der Waals surface area contributed by atoms with Crippen molar-refractivity contribution in [1.29, 1.82) is 0 Å². The third-order valence-electron chi connectivity index (χ3n) is 3.04. The molecule has 1 atom stereocenters. The molecular formula is C13H27N5O. The molecule has 0 spiro atoms. The minimum absolute atomic E-state index is 0.186. The van der Waals surface area contributed by atoms with Gasteiger partial charge in [0.1, 0.15) is 0 Å². The standard InChI is InChI=1S/C13H27N5O/c1-11(2)13(10-17(3)4)14-8-12-9-18(16-15-12)6-5-7-19/h9,11,13-14,19H,5-8,10H2,1-4H3. The van der Waals surface area contributed by atoms with Gasteiger partial charge in [0.15, 0.2) is 0 Å². The van der Waals surface area contributed by atoms with E-state index in [4.69, 9.17) is 5.11 Å². The highest BCUT2D eigenvalue weighted by atomic mass is 16.3. The Morgan fingerprint density at radius 2 is 2.16 bits per heavy atom. The van der Waals surface area contributed by atoms with Gasteiger partial charge in [0.25, 0.3) is 0 Å². The second kappa shape index (κ2) is 8.24. The number of nitrogens with zero attached hydrogens (tertiary/aromatic N) is 4. The number of aryl methyl sites for hydroxylation is 1. The summed E-state index contributed by atoms with van der Waals surface area (Å²) in [4.78, 5) is 2.19. The molecule has 1 rings (SSSR count). The number of hydrogen-bond acceptors (Lipinski definition) is 5. The summed E-state index contributed by atoms with van der Waals surface area (Å²) in [7, 11) is 4.17. The molecule has 0 aliphatic rings. The zero-order valence-corrected chi connectivity index (χ0v) is 12.5. The van der Waals surface area contributed by atoms with Gasteiger partial charge < -0.3 is 15.3 Å². The van der Waals surface area contributed by atoms with E-state index in [0.29, 0.717) is 18.4 Å². The number of hydrogen-bond donors (Lipinski definition) is 2. The summed E-state index contributed by atoms with van der Waals surface area (Å²) >= 11 is 0. The van der Waals surface area contributed by atoms with Gasteiger partial charge in [0.2, 0.25) is 0 Å². The zero-order chi connectivity index (χ0) is 14.3. The van der Waals surface area contributed by atoms with Gasteiger partial charge >= 0.3 is 0 Å². The fourth-order valence-corrected chi connectivity index (χ4v) is 1.90. The summed E-state index contributed by atoms with van der Waals surface area (Å²) < 4.78 is 1.78. The Kier molecular flexibility index (Phi) is 6.97. The lowest BCUT2D eigenvalue weighted by atomic mass is 10.0. The molecule has 0 aromatic carbocycles. The van der Waals surface area contributed by atoms with Crippen molar-refractivity contribution in [2.45, 2.75) is 39.4 Å². The number of likely N-dealkylation sites (N-methyl/N-ethyl adjacent to an activating group) is 1. The van der Waals surface area contributed by atoms with Gasteiger partial charge in [-0.25, -0.2) is 0 Å². The average molecular weight is 269 g/mol. The van der Waals surface area contributed by atoms with Crippen LogP contribution in [0.25, 0.3) is 0 Å². The van der Waals surface area contributed by atoms with Gasteiger partial charge in [-0.3, -0.25) is 4.68 Å². The first-order valence-electron chi connectivity index (χ1n) is 6.91. The monoisotopic (exact) mass is 269 g/mol. The van der Waals surface area contributed by atoms with E-state index in [1.807, 2.05) is 6.20 Å². The molecule has 6 nitrogen and oxygen atoms in total. The van der Waals surface area contributed by atoms with E-state index in [-0.39, 0.29) is 6.61 Å². The van der Waals surface area contributed by atoms with Gasteiger partial charge in [-0.15, -0.1) is 5.10 Å². The van der Waals surface area contributed by atoms with Crippen LogP contribution in [0.15, 0.2) is 6.20 Å². The maximum Gasteiger partial charge on any atom is 0.0964 e. The van der Waals surface area contributed by atoms with Crippen LogP contribution in [0, 0.1) is 5.92 Å². The molecule has 1 heterocycles. The third kappa shape index (κ3) is 6.13. The normalized spacial score (nSPS) is 13.4. The Balaban J connectivity index is 2.43. The molecule has 1 unspecified atom stereocenters. The van der Waals surface area contributed by atoms with Gasteiger partial charge in [-0.05, 0) is 26.4 Å². The molecule has 1 aromatic rings. The molecule has 0 aliphatic carbocycles. The van der Waals surface area contributed by atoms with Crippen molar-refractivity contribution in [3.05, 3.63) is 11.9 Å². The number of nitrogens with one attached hydrogen (secondary N) is 1. The van der Waals surface area contributed by atoms with E-state index in [9.17, 15) is 0 Å². The minimum Gasteiger partial charge on any atom is -0.396 e. The molecule has 1 aromatic heterocycles. The van der Waals surface area contributed by atoms with Crippen LogP contribution in [-0.2, 0) is 13.1 Å². The summed E-state index contributed by atoms with van der Waals surface area (Å²) in [6, 6.07) is 0.442. The molecule has 0 saturated heterocycles. The number of rotatable bonds is 9. The summed E-state index contributed by atoms with van der Waals surface area (Å²) in [5.74, 6) is 0.576. The zero-order valence-electron chi connectivity index (χ0n) is 12.5. The Bertz CT molecular complexity index is 351. The highest BCUT2D eigenvalue weighted by molar-refractivity contribution is 4.92. The molecule has 0 amide bonds. The second-order valence-corrected chi connectivity index (χ2v) is 5.54. The molecule has 0 fully saturated rings. The number of aliphatic hydroxyl groups is 1. The Hall–Kier alpha value is -0.980. The fourth-order valence-electron chi connectivity index (χ4n) is 1.90. The van der Waals surface area contributed by atoms with Crippen molar-refractivity contribution < 1.29 is 5.11 Å². The highest BCUT2D eigenvalue weighted by Crippen LogP contribution is 2.04. The predicted molar refractivity (Wildman–Crippen MR) is 75.7 cm³/mol. The summed E-state index contributed by atoms with van der Waals surface area (Å²) in [5.41, 5.74) is 0.947. The van der Waals surface area contributed by atoms with E-state index in [0.717, 1.165) is 25.3 Å². The molecule has 0 radical (unpaired) electrons. The smallest absolute Gasteiger partial charge is 0.0964 e. The van der Waals surface area contributed by atoms with Crippen molar-refractivity contribution >= 4 is 0 Å². The molecule has 0 bridgehead atoms. The van der Waals surface area contributed by atoms with E-state index < -0.39 is 0 Å². The van der Waals surface area contributed by atoms with Crippen LogP contribution in [0.4, 0.5) is 0 Å². The van der Waals surface area contributed by atoms with Gasteiger partial charge in [-0.2, -0.15) is 0 Å². The largest absolute Gasteiger partial charge is 0.396 e. The fraction of sp³-hybridized carbons (Fsp3) is 0.846. The van der Waals surface area contributed by atoms with Crippen LogP contribution in [-0.4, -0.2) is 58.3 Å². The van der Waals surface area contributed by atoms with E-state index in [2.05, 4.69) is 48.5 Å². The highest BCUT2D eigenvalue weighted by Gasteiger charge is 2.14. The lowest BCUT2D eigenvalue weighted by Gasteiger charge is -2.25. The first kappa shape index (κ1) is 16.1. The molecule has 0 saturated carbocycles. The van der Waals surface area contributed by atoms with Crippen LogP contribution in [0.3, 0.4) is 0 Å². The van der Waals surface area contributed by atoms with Crippen molar-refractivity contribution in [3.8, 4) is 0 Å². The molecule has 19 heavy (non-hydrogen) atoms. The van der Waals surface area contributed by atoms with E-state index >= 15 is 0 Å². The molecular weight excluding hydrogens is 242 g/mol. The lowest BCUT2D eigenvalue weighted by molar-refractivity contribution is 0.276. The minimum atomic E-state index is 0.186. The van der Waals surface area contributed by atoms with Crippen molar-refractivity contribution in [3.63, 3.8) is 0 Å². The Morgan fingerprint density at radius 3 is 2.74 bits per heavy atom. The van der Waals surface area contributed by atoms with Crippen molar-refractivity contribution in [2.24, 2.45) is 5.92 Å². The second-order valence-electron chi connectivity index (χ2n) is 5.54. The first-order chi connectivity index (χ1) is 9.02.